The number of nitrogens with zero attached hydrogens (tertiary/aromatic N) is 4. The molecule has 1 aliphatic heterocycles. The smallest absolute Gasteiger partial charge is 0.273 e. The number of aromatic nitrogens is 3. The van der Waals surface area contributed by atoms with Crippen molar-refractivity contribution in [1.82, 2.24) is 14.5 Å². The van der Waals surface area contributed by atoms with Crippen LogP contribution in [0.1, 0.15) is 25.3 Å². The van der Waals surface area contributed by atoms with Crippen molar-refractivity contribution in [1.29, 1.82) is 0 Å². The first-order valence-corrected chi connectivity index (χ1v) is 10.4. The lowest BCUT2D eigenvalue weighted by Crippen LogP contribution is -2.36. The first-order chi connectivity index (χ1) is 14.0. The van der Waals surface area contributed by atoms with Crippen LogP contribution in [-0.2, 0) is 16.1 Å². The Kier molecular flexibility index (Phi) is 5.59. The lowest BCUT2D eigenvalue weighted by molar-refractivity contribution is -0.116. The van der Waals surface area contributed by atoms with Crippen molar-refractivity contribution in [2.75, 3.05) is 36.5 Å². The third-order valence-corrected chi connectivity index (χ3v) is 5.92. The fraction of sp³-hybridized carbons (Fsp3) is 0.400. The van der Waals surface area contributed by atoms with E-state index >= 15 is 0 Å². The quantitative estimate of drug-likeness (QED) is 0.691. The second kappa shape index (κ2) is 8.30. The van der Waals surface area contributed by atoms with Gasteiger partial charge in [0.05, 0.1) is 13.2 Å². The number of carbonyl (C=O) groups excluding carboxylic acids is 1. The Labute approximate surface area is 172 Å². The number of carbonyl (C=O) groups is 1. The van der Waals surface area contributed by atoms with Crippen molar-refractivity contribution >= 4 is 38.4 Å². The number of hydrogen-bond acceptors (Lipinski definition) is 7. The van der Waals surface area contributed by atoms with E-state index in [2.05, 4.69) is 34.0 Å². The van der Waals surface area contributed by atoms with Crippen LogP contribution >= 0.6 is 11.3 Å². The van der Waals surface area contributed by atoms with Gasteiger partial charge in [0.2, 0.25) is 5.91 Å². The van der Waals surface area contributed by atoms with E-state index in [1.165, 1.54) is 27.8 Å². The predicted octanol–water partition coefficient (Wildman–Crippen LogP) is 2.45. The van der Waals surface area contributed by atoms with Gasteiger partial charge in [0.15, 0.2) is 10.8 Å². The molecule has 0 radical (unpaired) electrons. The van der Waals surface area contributed by atoms with Crippen LogP contribution in [0, 0.1) is 0 Å². The fourth-order valence-electron chi connectivity index (χ4n) is 3.14. The number of nitrogens with one attached hydrogen (secondary N) is 1. The molecular formula is C20H23N5O3S. The zero-order valence-corrected chi connectivity index (χ0v) is 17.2. The zero-order valence-electron chi connectivity index (χ0n) is 16.4. The van der Waals surface area contributed by atoms with Crippen LogP contribution in [-0.4, -0.2) is 46.7 Å². The Hall–Kier alpha value is -2.78. The number of ether oxygens (including phenoxy) is 1. The Balaban J connectivity index is 1.49. The van der Waals surface area contributed by atoms with Gasteiger partial charge in [-0.15, -0.1) is 0 Å². The van der Waals surface area contributed by atoms with Crippen molar-refractivity contribution in [3.8, 4) is 0 Å². The van der Waals surface area contributed by atoms with E-state index in [-0.39, 0.29) is 18.0 Å². The van der Waals surface area contributed by atoms with E-state index in [0.717, 1.165) is 18.2 Å². The number of amides is 1. The molecule has 0 saturated carbocycles. The molecule has 0 unspecified atom stereocenters. The minimum Gasteiger partial charge on any atom is -0.378 e. The molecule has 29 heavy (non-hydrogen) atoms. The Bertz CT molecular complexity index is 1070. The summed E-state index contributed by atoms with van der Waals surface area (Å²) < 4.78 is 7.14. The fourth-order valence-corrected chi connectivity index (χ4v) is 4.16. The summed E-state index contributed by atoms with van der Waals surface area (Å²) in [7, 11) is 0. The maximum Gasteiger partial charge on any atom is 0.273 e. The number of morpholine rings is 1. The molecular weight excluding hydrogens is 390 g/mol. The molecule has 1 fully saturated rings. The SMILES string of the molecule is CC(C)c1ccc(NC(=O)Cn2cnc3nc(N4CCOCC4)sc3c2=O)cc1. The summed E-state index contributed by atoms with van der Waals surface area (Å²) in [5.41, 5.74) is 2.07. The molecule has 8 nitrogen and oxygen atoms in total. The molecule has 0 aliphatic carbocycles. The molecule has 4 rings (SSSR count). The zero-order chi connectivity index (χ0) is 20.4. The van der Waals surface area contributed by atoms with Gasteiger partial charge in [-0.1, -0.05) is 37.3 Å². The molecule has 0 atom stereocenters. The van der Waals surface area contributed by atoms with Crippen LogP contribution in [0.3, 0.4) is 0 Å². The number of hydrogen-bond donors (Lipinski definition) is 1. The highest BCUT2D eigenvalue weighted by Gasteiger charge is 2.18. The average Bonchev–Trinajstić information content (AvgIpc) is 3.16. The van der Waals surface area contributed by atoms with Gasteiger partial charge < -0.3 is 15.0 Å². The van der Waals surface area contributed by atoms with Crippen LogP contribution in [0.25, 0.3) is 10.3 Å². The van der Waals surface area contributed by atoms with Crippen LogP contribution < -0.4 is 15.8 Å². The van der Waals surface area contributed by atoms with E-state index in [9.17, 15) is 9.59 Å². The van der Waals surface area contributed by atoms with Crippen molar-refractivity contribution in [3.05, 3.63) is 46.5 Å². The maximum absolute atomic E-state index is 12.8. The van der Waals surface area contributed by atoms with Crippen LogP contribution in [0.15, 0.2) is 35.4 Å². The third kappa shape index (κ3) is 4.30. The lowest BCUT2D eigenvalue weighted by atomic mass is 10.0. The second-order valence-electron chi connectivity index (χ2n) is 7.25. The molecule has 3 aromatic rings. The molecule has 3 heterocycles. The number of anilines is 2. The highest BCUT2D eigenvalue weighted by molar-refractivity contribution is 7.22. The third-order valence-electron chi connectivity index (χ3n) is 4.83. The van der Waals surface area contributed by atoms with Gasteiger partial charge in [-0.3, -0.25) is 14.2 Å². The van der Waals surface area contributed by atoms with Crippen molar-refractivity contribution in [3.63, 3.8) is 0 Å². The Morgan fingerprint density at radius 2 is 1.97 bits per heavy atom. The standard InChI is InChI=1S/C20H23N5O3S/c1-13(2)14-3-5-15(6-4-14)22-16(26)11-25-12-21-18-17(19(25)27)29-20(23-18)24-7-9-28-10-8-24/h3-6,12-13H,7-11H2,1-2H3,(H,22,26). The first-order valence-electron chi connectivity index (χ1n) is 9.60. The second-order valence-corrected chi connectivity index (χ2v) is 8.23. The highest BCUT2D eigenvalue weighted by Crippen LogP contribution is 2.25. The summed E-state index contributed by atoms with van der Waals surface area (Å²) in [6.45, 7) is 6.91. The van der Waals surface area contributed by atoms with E-state index in [4.69, 9.17) is 4.74 Å². The first kappa shape index (κ1) is 19.5. The molecule has 0 spiro atoms. The molecule has 1 aromatic carbocycles. The summed E-state index contributed by atoms with van der Waals surface area (Å²) in [6.07, 6.45) is 1.38. The largest absolute Gasteiger partial charge is 0.378 e. The average molecular weight is 414 g/mol. The summed E-state index contributed by atoms with van der Waals surface area (Å²) >= 11 is 1.31. The van der Waals surface area contributed by atoms with E-state index in [1.54, 1.807) is 0 Å². The molecule has 9 heteroatoms. The number of rotatable bonds is 5. The molecule has 152 valence electrons. The van der Waals surface area contributed by atoms with E-state index in [0.29, 0.717) is 35.2 Å². The summed E-state index contributed by atoms with van der Waals surface area (Å²) in [4.78, 5) is 36.0. The molecule has 1 saturated heterocycles. The van der Waals surface area contributed by atoms with Gasteiger partial charge in [-0.05, 0) is 23.6 Å². The van der Waals surface area contributed by atoms with E-state index in [1.807, 2.05) is 24.3 Å². The van der Waals surface area contributed by atoms with Crippen LogP contribution in [0.5, 0.6) is 0 Å². The summed E-state index contributed by atoms with van der Waals surface area (Å²) in [5, 5.41) is 3.59. The minimum atomic E-state index is -0.275. The predicted molar refractivity (Wildman–Crippen MR) is 114 cm³/mol. The van der Waals surface area contributed by atoms with E-state index < -0.39 is 0 Å². The maximum atomic E-state index is 12.8. The molecule has 0 bridgehead atoms. The summed E-state index contributed by atoms with van der Waals surface area (Å²) in [5.74, 6) is 0.154. The number of thiazole rings is 1. The van der Waals surface area contributed by atoms with Crippen molar-refractivity contribution in [2.45, 2.75) is 26.3 Å². The topological polar surface area (TPSA) is 89.3 Å². The normalized spacial score (nSPS) is 14.5. The summed E-state index contributed by atoms with van der Waals surface area (Å²) in [6, 6.07) is 7.72. The Morgan fingerprint density at radius 3 is 2.66 bits per heavy atom. The van der Waals surface area contributed by atoms with Crippen LogP contribution in [0.4, 0.5) is 10.8 Å². The van der Waals surface area contributed by atoms with Crippen LogP contribution in [0.2, 0.25) is 0 Å². The molecule has 1 N–H and O–H groups in total. The lowest BCUT2D eigenvalue weighted by Gasteiger charge is -2.25. The van der Waals surface area contributed by atoms with Gasteiger partial charge in [-0.2, -0.15) is 4.98 Å². The molecule has 1 amide bonds. The van der Waals surface area contributed by atoms with Gasteiger partial charge >= 0.3 is 0 Å². The van der Waals surface area contributed by atoms with Gasteiger partial charge in [-0.25, -0.2) is 4.98 Å². The molecule has 2 aromatic heterocycles. The Morgan fingerprint density at radius 1 is 1.24 bits per heavy atom. The number of fused-ring (bicyclic) bond motifs is 1. The van der Waals surface area contributed by atoms with Gasteiger partial charge in [0, 0.05) is 18.8 Å². The van der Waals surface area contributed by atoms with Crippen molar-refractivity contribution < 1.29 is 9.53 Å². The van der Waals surface area contributed by atoms with Gasteiger partial charge in [0.1, 0.15) is 17.6 Å². The number of benzene rings is 1. The minimum absolute atomic E-state index is 0.0987. The monoisotopic (exact) mass is 413 g/mol. The van der Waals surface area contributed by atoms with Crippen molar-refractivity contribution in [2.24, 2.45) is 0 Å². The van der Waals surface area contributed by atoms with Gasteiger partial charge in [0.25, 0.3) is 5.56 Å². The highest BCUT2D eigenvalue weighted by atomic mass is 32.1. The molecule has 1 aliphatic rings.